The lowest BCUT2D eigenvalue weighted by atomic mass is 9.73. The summed E-state index contributed by atoms with van der Waals surface area (Å²) in [5.74, 6) is -1.71. The van der Waals surface area contributed by atoms with Crippen LogP contribution in [0.2, 0.25) is 5.02 Å². The van der Waals surface area contributed by atoms with Crippen molar-refractivity contribution < 1.29 is 31.4 Å². The number of nitrogens with one attached hydrogen (secondary N) is 1. The Hall–Kier alpha value is -3.24. The zero-order valence-corrected chi connectivity index (χ0v) is 23.9. The highest BCUT2D eigenvalue weighted by Gasteiger charge is 2.43. The minimum atomic E-state index is -4.28. The Bertz CT molecular complexity index is 1430. The molecule has 0 aliphatic heterocycles. The molecule has 1 N–H and O–H groups in total. The van der Waals surface area contributed by atoms with E-state index in [4.69, 9.17) is 25.8 Å². The number of aromatic nitrogens is 7. The minimum absolute atomic E-state index is 0.00935. The molecular weight excluding hydrogens is 574 g/mol. The molecule has 3 aromatic rings. The standard InChI is InChI=1S/C23H29ClF2N8O5S/c1-11(2)39-17(19-27-8-13(24)9-28-19)12(3)40(35,36)33-22-32-31-20(15-7-6-14(15)18(25)26)34(22)16-10-29-23(38-5)30-21(16)37-4/h8-12,14-15,17-18H,6-7H2,1-5H3,(H,32,33)/t12-,14+,15-,17+/m0/s1. The zero-order chi connectivity index (χ0) is 29.2. The number of alkyl halides is 2. The smallest absolute Gasteiger partial charge is 0.319 e. The van der Waals surface area contributed by atoms with Gasteiger partial charge in [0, 0.05) is 24.2 Å². The highest BCUT2D eigenvalue weighted by molar-refractivity contribution is 7.93. The van der Waals surface area contributed by atoms with Crippen LogP contribution in [-0.2, 0) is 14.8 Å². The molecule has 4 rings (SSSR count). The van der Waals surface area contributed by atoms with Gasteiger partial charge in [-0.1, -0.05) is 11.6 Å². The maximum atomic E-state index is 13.7. The van der Waals surface area contributed by atoms with Gasteiger partial charge < -0.3 is 14.2 Å². The molecule has 1 aliphatic rings. The Morgan fingerprint density at radius 2 is 1.75 bits per heavy atom. The lowest BCUT2D eigenvalue weighted by Gasteiger charge is -2.35. The van der Waals surface area contributed by atoms with Gasteiger partial charge in [-0.2, -0.15) is 4.98 Å². The van der Waals surface area contributed by atoms with E-state index in [0.717, 1.165) is 0 Å². The van der Waals surface area contributed by atoms with Crippen LogP contribution in [-0.4, -0.2) is 75.1 Å². The van der Waals surface area contributed by atoms with Gasteiger partial charge in [0.15, 0.2) is 5.82 Å². The van der Waals surface area contributed by atoms with Crippen molar-refractivity contribution in [1.82, 2.24) is 34.7 Å². The van der Waals surface area contributed by atoms with E-state index in [2.05, 4.69) is 34.9 Å². The number of ether oxygens (including phenoxy) is 3. The van der Waals surface area contributed by atoms with Crippen molar-refractivity contribution in [2.24, 2.45) is 5.92 Å². The number of hydrogen-bond acceptors (Lipinski definition) is 11. The van der Waals surface area contributed by atoms with Crippen molar-refractivity contribution in [2.45, 2.75) is 63.4 Å². The zero-order valence-electron chi connectivity index (χ0n) is 22.3. The van der Waals surface area contributed by atoms with E-state index in [1.54, 1.807) is 13.8 Å². The van der Waals surface area contributed by atoms with Gasteiger partial charge in [-0.15, -0.1) is 10.2 Å². The predicted octanol–water partition coefficient (Wildman–Crippen LogP) is 3.57. The lowest BCUT2D eigenvalue weighted by molar-refractivity contribution is 0.00153. The number of halogens is 3. The molecule has 0 aromatic carbocycles. The Balaban J connectivity index is 1.77. The number of hydrogen-bond donors (Lipinski definition) is 1. The molecule has 3 aromatic heterocycles. The summed E-state index contributed by atoms with van der Waals surface area (Å²) >= 11 is 5.90. The van der Waals surface area contributed by atoms with Crippen LogP contribution in [0.5, 0.6) is 11.9 Å². The number of anilines is 1. The SMILES string of the molecule is COc1ncc(-n2c(NS(=O)(=O)[C@@H](C)[C@@H](OC(C)C)c3ncc(Cl)cn3)nnc2[C@H]2CC[C@H]2C(F)F)c(OC)n1. The van der Waals surface area contributed by atoms with Crippen LogP contribution < -0.4 is 14.2 Å². The highest BCUT2D eigenvalue weighted by Crippen LogP contribution is 2.46. The third kappa shape index (κ3) is 6.07. The first-order chi connectivity index (χ1) is 19.0. The van der Waals surface area contributed by atoms with Crippen LogP contribution >= 0.6 is 11.6 Å². The van der Waals surface area contributed by atoms with Crippen molar-refractivity contribution in [2.75, 3.05) is 18.9 Å². The van der Waals surface area contributed by atoms with Crippen LogP contribution in [0.3, 0.4) is 0 Å². The van der Waals surface area contributed by atoms with Gasteiger partial charge in [-0.05, 0) is 33.6 Å². The molecule has 3 heterocycles. The van der Waals surface area contributed by atoms with Gasteiger partial charge >= 0.3 is 6.01 Å². The lowest BCUT2D eigenvalue weighted by Crippen LogP contribution is -2.35. The van der Waals surface area contributed by atoms with E-state index in [1.165, 1.54) is 44.3 Å². The van der Waals surface area contributed by atoms with Gasteiger partial charge in [0.25, 0.3) is 0 Å². The van der Waals surface area contributed by atoms with Crippen molar-refractivity contribution in [3.05, 3.63) is 35.3 Å². The third-order valence-corrected chi connectivity index (χ3v) is 8.35. The van der Waals surface area contributed by atoms with E-state index in [1.807, 2.05) is 0 Å². The average Bonchev–Trinajstić information content (AvgIpc) is 3.27. The molecule has 0 amide bonds. The summed E-state index contributed by atoms with van der Waals surface area (Å²) in [6.45, 7) is 4.91. The Morgan fingerprint density at radius 1 is 1.05 bits per heavy atom. The fourth-order valence-electron chi connectivity index (χ4n) is 4.26. The van der Waals surface area contributed by atoms with E-state index in [9.17, 15) is 17.2 Å². The molecule has 17 heteroatoms. The second-order valence-electron chi connectivity index (χ2n) is 9.37. The molecule has 40 heavy (non-hydrogen) atoms. The molecule has 0 unspecified atom stereocenters. The molecule has 13 nitrogen and oxygen atoms in total. The summed E-state index contributed by atoms with van der Waals surface area (Å²) in [6.07, 6.45) is 0.635. The molecule has 1 fully saturated rings. The Kier molecular flexibility index (Phi) is 8.99. The fraction of sp³-hybridized carbons (Fsp3) is 0.565. The number of methoxy groups -OCH3 is 2. The second kappa shape index (κ2) is 12.1. The van der Waals surface area contributed by atoms with Crippen molar-refractivity contribution in [3.63, 3.8) is 0 Å². The topological polar surface area (TPSA) is 156 Å². The second-order valence-corrected chi connectivity index (χ2v) is 11.8. The van der Waals surface area contributed by atoms with E-state index >= 15 is 0 Å². The summed E-state index contributed by atoms with van der Waals surface area (Å²) < 4.78 is 74.8. The summed E-state index contributed by atoms with van der Waals surface area (Å²) in [6, 6.07) is -0.0169. The van der Waals surface area contributed by atoms with Gasteiger partial charge in [0.05, 0.1) is 31.5 Å². The maximum Gasteiger partial charge on any atom is 0.319 e. The molecule has 0 spiro atoms. The maximum absolute atomic E-state index is 13.7. The fourth-order valence-corrected chi connectivity index (χ4v) is 5.44. The van der Waals surface area contributed by atoms with Gasteiger partial charge in [0.2, 0.25) is 28.3 Å². The van der Waals surface area contributed by atoms with Crippen molar-refractivity contribution >= 4 is 27.6 Å². The molecule has 0 bridgehead atoms. The molecule has 218 valence electrons. The van der Waals surface area contributed by atoms with Gasteiger partial charge in [-0.25, -0.2) is 32.2 Å². The number of rotatable bonds is 12. The Morgan fingerprint density at radius 3 is 2.30 bits per heavy atom. The normalized spacial score (nSPS) is 18.9. The largest absolute Gasteiger partial charge is 0.479 e. The molecule has 4 atom stereocenters. The summed E-state index contributed by atoms with van der Waals surface area (Å²) in [4.78, 5) is 16.5. The first kappa shape index (κ1) is 29.7. The van der Waals surface area contributed by atoms with Crippen LogP contribution in [0.25, 0.3) is 5.69 Å². The predicted molar refractivity (Wildman–Crippen MR) is 140 cm³/mol. The minimum Gasteiger partial charge on any atom is -0.479 e. The molecule has 0 radical (unpaired) electrons. The van der Waals surface area contributed by atoms with E-state index < -0.39 is 39.6 Å². The Labute approximate surface area is 234 Å². The highest BCUT2D eigenvalue weighted by atomic mass is 35.5. The van der Waals surface area contributed by atoms with Gasteiger partial charge in [-0.3, -0.25) is 9.29 Å². The molecular formula is C23H29ClF2N8O5S. The summed E-state index contributed by atoms with van der Waals surface area (Å²) in [7, 11) is -1.57. The molecule has 1 aliphatic carbocycles. The van der Waals surface area contributed by atoms with Crippen LogP contribution in [0.1, 0.15) is 57.3 Å². The first-order valence-corrected chi connectivity index (χ1v) is 14.2. The first-order valence-electron chi connectivity index (χ1n) is 12.3. The monoisotopic (exact) mass is 602 g/mol. The van der Waals surface area contributed by atoms with Crippen molar-refractivity contribution in [3.8, 4) is 17.6 Å². The molecule has 0 saturated heterocycles. The molecule has 1 saturated carbocycles. The van der Waals surface area contributed by atoms with Gasteiger partial charge in [0.1, 0.15) is 22.9 Å². The van der Waals surface area contributed by atoms with Crippen LogP contribution in [0, 0.1) is 5.92 Å². The van der Waals surface area contributed by atoms with Crippen LogP contribution in [0.15, 0.2) is 18.6 Å². The van der Waals surface area contributed by atoms with E-state index in [0.29, 0.717) is 12.8 Å². The van der Waals surface area contributed by atoms with Crippen molar-refractivity contribution in [1.29, 1.82) is 0 Å². The summed E-state index contributed by atoms with van der Waals surface area (Å²) in [5, 5.41) is 7.17. The summed E-state index contributed by atoms with van der Waals surface area (Å²) in [5.41, 5.74) is 0.129. The third-order valence-electron chi connectivity index (χ3n) is 6.46. The number of nitrogens with zero attached hydrogens (tertiary/aromatic N) is 7. The van der Waals surface area contributed by atoms with Crippen LogP contribution in [0.4, 0.5) is 14.7 Å². The number of sulfonamides is 1. The quantitative estimate of drug-likeness (QED) is 0.323. The van der Waals surface area contributed by atoms with E-state index in [-0.39, 0.29) is 46.3 Å². The average molecular weight is 603 g/mol.